The second-order valence-corrected chi connectivity index (χ2v) is 3.36. The zero-order chi connectivity index (χ0) is 12.0. The highest BCUT2D eigenvalue weighted by molar-refractivity contribution is 5.63. The van der Waals surface area contributed by atoms with Crippen LogP contribution in [0, 0.1) is 0 Å². The molecule has 0 bridgehead atoms. The third-order valence-corrected chi connectivity index (χ3v) is 2.46. The van der Waals surface area contributed by atoms with Gasteiger partial charge >= 0.3 is 0 Å². The highest BCUT2D eigenvalue weighted by atomic mass is 16.5. The topological polar surface area (TPSA) is 44.5 Å². The lowest BCUT2D eigenvalue weighted by Gasteiger charge is -2.14. The van der Waals surface area contributed by atoms with Gasteiger partial charge in [-0.25, -0.2) is 0 Å². The Morgan fingerprint density at radius 3 is 2.50 bits per heavy atom. The van der Waals surface area contributed by atoms with Crippen LogP contribution in [0.3, 0.4) is 0 Å². The summed E-state index contributed by atoms with van der Waals surface area (Å²) in [6.07, 6.45) is 4.75. The average Bonchev–Trinajstić information content (AvgIpc) is 2.34. The summed E-state index contributed by atoms with van der Waals surface area (Å²) in [6.45, 7) is 2.60. The minimum Gasteiger partial charge on any atom is -0.496 e. The molecule has 0 fully saturated rings. The zero-order valence-corrected chi connectivity index (χ0v) is 10.1. The summed E-state index contributed by atoms with van der Waals surface area (Å²) in [5.41, 5.74) is 7.56. The van der Waals surface area contributed by atoms with Gasteiger partial charge in [0.15, 0.2) is 0 Å². The van der Waals surface area contributed by atoms with Crippen LogP contribution in [0.1, 0.15) is 18.1 Å². The number of methoxy groups -OCH3 is 2. The van der Waals surface area contributed by atoms with Crippen LogP contribution in [-0.2, 0) is 6.42 Å². The van der Waals surface area contributed by atoms with Gasteiger partial charge in [0.1, 0.15) is 11.5 Å². The van der Waals surface area contributed by atoms with Gasteiger partial charge < -0.3 is 15.2 Å². The Morgan fingerprint density at radius 1 is 1.25 bits per heavy atom. The molecule has 1 rings (SSSR count). The van der Waals surface area contributed by atoms with E-state index >= 15 is 0 Å². The maximum atomic E-state index is 5.44. The van der Waals surface area contributed by atoms with Gasteiger partial charge in [-0.2, -0.15) is 0 Å². The summed E-state index contributed by atoms with van der Waals surface area (Å²) in [4.78, 5) is 0. The van der Waals surface area contributed by atoms with Crippen molar-refractivity contribution in [2.75, 3.05) is 20.8 Å². The van der Waals surface area contributed by atoms with Crippen LogP contribution in [-0.4, -0.2) is 20.8 Å². The first-order valence-electron chi connectivity index (χ1n) is 5.38. The largest absolute Gasteiger partial charge is 0.496 e. The van der Waals surface area contributed by atoms with Crippen molar-refractivity contribution in [2.24, 2.45) is 5.73 Å². The predicted octanol–water partition coefficient (Wildman–Crippen LogP) is 2.24. The van der Waals surface area contributed by atoms with Crippen molar-refractivity contribution in [3.63, 3.8) is 0 Å². The SMILES string of the molecule is CCc1c(OC)ccc(/C=C/CN)c1OC. The van der Waals surface area contributed by atoms with Gasteiger partial charge in [0.25, 0.3) is 0 Å². The lowest BCUT2D eigenvalue weighted by Crippen LogP contribution is -1.98. The lowest BCUT2D eigenvalue weighted by atomic mass is 10.0. The molecule has 1 aromatic carbocycles. The van der Waals surface area contributed by atoms with Crippen molar-refractivity contribution in [1.82, 2.24) is 0 Å². The van der Waals surface area contributed by atoms with Crippen LogP contribution in [0.25, 0.3) is 6.08 Å². The molecular weight excluding hydrogens is 202 g/mol. The van der Waals surface area contributed by atoms with Gasteiger partial charge in [-0.05, 0) is 18.6 Å². The normalized spacial score (nSPS) is 10.8. The Labute approximate surface area is 96.9 Å². The van der Waals surface area contributed by atoms with E-state index < -0.39 is 0 Å². The summed E-state index contributed by atoms with van der Waals surface area (Å²) >= 11 is 0. The molecule has 0 amide bonds. The Kier molecular flexibility index (Phi) is 4.86. The van der Waals surface area contributed by atoms with E-state index in [9.17, 15) is 0 Å². The number of benzene rings is 1. The molecule has 0 atom stereocenters. The number of hydrogen-bond acceptors (Lipinski definition) is 3. The van der Waals surface area contributed by atoms with Gasteiger partial charge in [0.2, 0.25) is 0 Å². The van der Waals surface area contributed by atoms with E-state index in [1.807, 2.05) is 24.3 Å². The quantitative estimate of drug-likeness (QED) is 0.829. The first-order chi connectivity index (χ1) is 7.78. The molecule has 0 spiro atoms. The second-order valence-electron chi connectivity index (χ2n) is 3.36. The molecule has 0 aliphatic heterocycles. The van der Waals surface area contributed by atoms with Gasteiger partial charge in [-0.3, -0.25) is 0 Å². The van der Waals surface area contributed by atoms with Crippen LogP contribution in [0.2, 0.25) is 0 Å². The maximum Gasteiger partial charge on any atom is 0.132 e. The summed E-state index contributed by atoms with van der Waals surface area (Å²) in [5.74, 6) is 1.73. The van der Waals surface area contributed by atoms with Crippen molar-refractivity contribution in [2.45, 2.75) is 13.3 Å². The Morgan fingerprint density at radius 2 is 2.00 bits per heavy atom. The average molecular weight is 221 g/mol. The standard InChI is InChI=1S/C13H19NO2/c1-4-11-12(15-2)8-7-10(6-5-9-14)13(11)16-3/h5-8H,4,9,14H2,1-3H3/b6-5+. The highest BCUT2D eigenvalue weighted by Gasteiger charge is 2.11. The minimum absolute atomic E-state index is 0.524. The molecule has 0 radical (unpaired) electrons. The molecule has 3 heteroatoms. The molecule has 0 saturated carbocycles. The predicted molar refractivity (Wildman–Crippen MR) is 67.0 cm³/mol. The molecule has 3 nitrogen and oxygen atoms in total. The Hall–Kier alpha value is -1.48. The maximum absolute atomic E-state index is 5.44. The lowest BCUT2D eigenvalue weighted by molar-refractivity contribution is 0.385. The smallest absolute Gasteiger partial charge is 0.132 e. The zero-order valence-electron chi connectivity index (χ0n) is 10.1. The first-order valence-corrected chi connectivity index (χ1v) is 5.38. The molecule has 88 valence electrons. The van der Waals surface area contributed by atoms with Crippen molar-refractivity contribution < 1.29 is 9.47 Å². The van der Waals surface area contributed by atoms with E-state index in [0.717, 1.165) is 29.0 Å². The van der Waals surface area contributed by atoms with Crippen LogP contribution in [0.15, 0.2) is 18.2 Å². The number of nitrogens with two attached hydrogens (primary N) is 1. The molecule has 2 N–H and O–H groups in total. The fourth-order valence-corrected chi connectivity index (χ4v) is 1.72. The molecule has 0 heterocycles. The minimum atomic E-state index is 0.524. The number of rotatable bonds is 5. The van der Waals surface area contributed by atoms with Crippen LogP contribution >= 0.6 is 0 Å². The van der Waals surface area contributed by atoms with Crippen molar-refractivity contribution in [3.05, 3.63) is 29.3 Å². The van der Waals surface area contributed by atoms with Gasteiger partial charge in [-0.1, -0.05) is 19.1 Å². The first kappa shape index (κ1) is 12.6. The molecular formula is C13H19NO2. The number of hydrogen-bond donors (Lipinski definition) is 1. The van der Waals surface area contributed by atoms with Gasteiger partial charge in [0, 0.05) is 17.7 Å². The third-order valence-electron chi connectivity index (χ3n) is 2.46. The van der Waals surface area contributed by atoms with Crippen molar-refractivity contribution in [1.29, 1.82) is 0 Å². The van der Waals surface area contributed by atoms with Crippen molar-refractivity contribution >= 4 is 6.08 Å². The third kappa shape index (κ3) is 2.55. The summed E-state index contributed by atoms with van der Waals surface area (Å²) < 4.78 is 10.7. The van der Waals surface area contributed by atoms with E-state index in [-0.39, 0.29) is 0 Å². The molecule has 0 unspecified atom stereocenters. The summed E-state index contributed by atoms with van der Waals surface area (Å²) in [5, 5.41) is 0. The monoisotopic (exact) mass is 221 g/mol. The highest BCUT2D eigenvalue weighted by Crippen LogP contribution is 2.33. The Bertz CT molecular complexity index is 372. The van der Waals surface area contributed by atoms with Crippen LogP contribution in [0.5, 0.6) is 11.5 Å². The summed E-state index contributed by atoms with van der Waals surface area (Å²) in [7, 11) is 3.34. The van der Waals surface area contributed by atoms with E-state index in [2.05, 4.69) is 6.92 Å². The fourth-order valence-electron chi connectivity index (χ4n) is 1.72. The van der Waals surface area contributed by atoms with E-state index in [1.165, 1.54) is 0 Å². The van der Waals surface area contributed by atoms with Crippen LogP contribution in [0.4, 0.5) is 0 Å². The molecule has 0 aliphatic rings. The second kappa shape index (κ2) is 6.18. The van der Waals surface area contributed by atoms with Gasteiger partial charge in [0.05, 0.1) is 14.2 Å². The van der Waals surface area contributed by atoms with Crippen molar-refractivity contribution in [3.8, 4) is 11.5 Å². The molecule has 0 aromatic heterocycles. The van der Waals surface area contributed by atoms with E-state index in [1.54, 1.807) is 14.2 Å². The molecule has 0 aliphatic carbocycles. The van der Waals surface area contributed by atoms with E-state index in [0.29, 0.717) is 6.54 Å². The molecule has 0 saturated heterocycles. The van der Waals surface area contributed by atoms with E-state index in [4.69, 9.17) is 15.2 Å². The fraction of sp³-hybridized carbons (Fsp3) is 0.385. The van der Waals surface area contributed by atoms with Gasteiger partial charge in [-0.15, -0.1) is 0 Å². The molecule has 1 aromatic rings. The molecule has 16 heavy (non-hydrogen) atoms. The number of ether oxygens (including phenoxy) is 2. The van der Waals surface area contributed by atoms with Crippen LogP contribution < -0.4 is 15.2 Å². The Balaban J connectivity index is 3.25. The summed E-state index contributed by atoms with van der Waals surface area (Å²) in [6, 6.07) is 3.93.